The van der Waals surface area contributed by atoms with E-state index in [-0.39, 0.29) is 24.0 Å². The molecule has 0 aliphatic heterocycles. The third kappa shape index (κ3) is 2.83. The van der Waals surface area contributed by atoms with Crippen molar-refractivity contribution in [3.63, 3.8) is 0 Å². The van der Waals surface area contributed by atoms with Crippen molar-refractivity contribution < 1.29 is 13.6 Å². The molecule has 130 valence electrons. The minimum Gasteiger partial charge on any atom is -0.443 e. The van der Waals surface area contributed by atoms with Gasteiger partial charge in [0.15, 0.2) is 17.8 Å². The molecule has 0 spiro atoms. The predicted molar refractivity (Wildman–Crippen MR) is 93.8 cm³/mol. The minimum absolute atomic E-state index is 0.148. The molecule has 26 heavy (non-hydrogen) atoms. The van der Waals surface area contributed by atoms with Gasteiger partial charge in [0.05, 0.1) is 17.6 Å². The van der Waals surface area contributed by atoms with Crippen molar-refractivity contribution in [3.8, 4) is 11.3 Å². The van der Waals surface area contributed by atoms with Gasteiger partial charge in [-0.25, -0.2) is 14.4 Å². The third-order valence-electron chi connectivity index (χ3n) is 4.18. The van der Waals surface area contributed by atoms with Crippen LogP contribution in [0, 0.1) is 5.82 Å². The summed E-state index contributed by atoms with van der Waals surface area (Å²) in [5.41, 5.74) is 2.59. The first-order valence-corrected chi connectivity index (χ1v) is 8.01. The molecule has 6 nitrogen and oxygen atoms in total. The van der Waals surface area contributed by atoms with Gasteiger partial charge in [-0.05, 0) is 36.4 Å². The Kier molecular flexibility index (Phi) is 3.96. The lowest BCUT2D eigenvalue weighted by Crippen LogP contribution is -2.25. The normalized spacial score (nSPS) is 11.0. The molecule has 0 bridgehead atoms. The highest BCUT2D eigenvalue weighted by atomic mass is 19.1. The zero-order valence-electron chi connectivity index (χ0n) is 13.9. The fourth-order valence-corrected chi connectivity index (χ4v) is 2.81. The van der Waals surface area contributed by atoms with E-state index in [1.165, 1.54) is 30.7 Å². The summed E-state index contributed by atoms with van der Waals surface area (Å²) in [6.45, 7) is 0.250. The van der Waals surface area contributed by atoms with Gasteiger partial charge in [-0.3, -0.25) is 4.79 Å². The van der Waals surface area contributed by atoms with Gasteiger partial charge in [0, 0.05) is 12.6 Å². The molecule has 1 amide bonds. The second-order valence-electron chi connectivity index (χ2n) is 5.80. The number of imidazole rings is 1. The number of fused-ring (bicyclic) bond motifs is 1. The van der Waals surface area contributed by atoms with E-state index in [4.69, 9.17) is 4.42 Å². The van der Waals surface area contributed by atoms with E-state index in [9.17, 15) is 9.18 Å². The highest BCUT2D eigenvalue weighted by Gasteiger charge is 2.19. The van der Waals surface area contributed by atoms with Crippen molar-refractivity contribution in [2.75, 3.05) is 0 Å². The number of carbonyl (C=O) groups is 1. The maximum atomic E-state index is 13.1. The van der Waals surface area contributed by atoms with Crippen LogP contribution in [0.15, 0.2) is 59.3 Å². The molecule has 0 unspecified atom stereocenters. The summed E-state index contributed by atoms with van der Waals surface area (Å²) >= 11 is 0. The van der Waals surface area contributed by atoms with Crippen LogP contribution in [0.1, 0.15) is 16.3 Å². The number of aryl methyl sites for hydroxylation is 1. The summed E-state index contributed by atoms with van der Waals surface area (Å²) in [5, 5.41) is 2.81. The largest absolute Gasteiger partial charge is 0.443 e. The average Bonchev–Trinajstić information content (AvgIpc) is 3.26. The van der Waals surface area contributed by atoms with Gasteiger partial charge in [-0.15, -0.1) is 0 Å². The molecule has 4 rings (SSSR count). The SMILES string of the molecule is Cn1c(CNC(=O)c2ncoc2-c2ccc(F)cc2)nc2ccccc21. The molecule has 0 atom stereocenters. The second kappa shape index (κ2) is 6.44. The number of rotatable bonds is 4. The zero-order chi connectivity index (χ0) is 18.1. The van der Waals surface area contributed by atoms with Crippen LogP contribution in [-0.4, -0.2) is 20.4 Å². The maximum absolute atomic E-state index is 13.1. The van der Waals surface area contributed by atoms with Crippen molar-refractivity contribution in [1.29, 1.82) is 0 Å². The molecule has 1 N–H and O–H groups in total. The molecule has 2 heterocycles. The van der Waals surface area contributed by atoms with Crippen LogP contribution in [0.5, 0.6) is 0 Å². The number of benzene rings is 2. The topological polar surface area (TPSA) is 73.0 Å². The molecule has 4 aromatic rings. The van der Waals surface area contributed by atoms with Gasteiger partial charge in [-0.2, -0.15) is 0 Å². The highest BCUT2D eigenvalue weighted by molar-refractivity contribution is 5.97. The number of carbonyl (C=O) groups excluding carboxylic acids is 1. The molecule has 0 radical (unpaired) electrons. The van der Waals surface area contributed by atoms with Crippen LogP contribution >= 0.6 is 0 Å². The van der Waals surface area contributed by atoms with E-state index in [1.54, 1.807) is 0 Å². The van der Waals surface area contributed by atoms with Crippen molar-refractivity contribution in [3.05, 3.63) is 72.3 Å². The fraction of sp³-hybridized carbons (Fsp3) is 0.105. The number of halogens is 1. The summed E-state index contributed by atoms with van der Waals surface area (Å²) in [6, 6.07) is 13.4. The van der Waals surface area contributed by atoms with Gasteiger partial charge in [0.1, 0.15) is 11.6 Å². The lowest BCUT2D eigenvalue weighted by atomic mass is 10.1. The molecule has 2 aromatic carbocycles. The standard InChI is InChI=1S/C19H15FN4O2/c1-24-15-5-3-2-4-14(15)23-16(24)10-21-19(25)17-18(26-11-22-17)12-6-8-13(20)9-7-12/h2-9,11H,10H2,1H3,(H,21,25). The number of nitrogens with zero attached hydrogens (tertiary/aromatic N) is 3. The van der Waals surface area contributed by atoms with Crippen molar-refractivity contribution in [2.24, 2.45) is 7.05 Å². The van der Waals surface area contributed by atoms with Crippen LogP contribution in [0.3, 0.4) is 0 Å². The first-order chi connectivity index (χ1) is 12.6. The van der Waals surface area contributed by atoms with Crippen LogP contribution in [0.25, 0.3) is 22.4 Å². The van der Waals surface area contributed by atoms with Crippen LogP contribution in [0.4, 0.5) is 4.39 Å². The number of hydrogen-bond acceptors (Lipinski definition) is 4. The van der Waals surface area contributed by atoms with Gasteiger partial charge < -0.3 is 14.3 Å². The lowest BCUT2D eigenvalue weighted by Gasteiger charge is -2.05. The Morgan fingerprint density at radius 3 is 2.73 bits per heavy atom. The summed E-state index contributed by atoms with van der Waals surface area (Å²) in [7, 11) is 1.90. The number of amides is 1. The monoisotopic (exact) mass is 350 g/mol. The molecule has 2 aromatic heterocycles. The predicted octanol–water partition coefficient (Wildman–Crippen LogP) is 3.30. The van der Waals surface area contributed by atoms with E-state index in [0.717, 1.165) is 16.9 Å². The van der Waals surface area contributed by atoms with E-state index >= 15 is 0 Å². The smallest absolute Gasteiger partial charge is 0.274 e. The van der Waals surface area contributed by atoms with E-state index in [1.807, 2.05) is 35.9 Å². The Balaban J connectivity index is 1.55. The van der Waals surface area contributed by atoms with E-state index in [0.29, 0.717) is 11.3 Å². The molecule has 7 heteroatoms. The van der Waals surface area contributed by atoms with Crippen molar-refractivity contribution in [1.82, 2.24) is 19.9 Å². The second-order valence-corrected chi connectivity index (χ2v) is 5.80. The summed E-state index contributed by atoms with van der Waals surface area (Å²) in [6.07, 6.45) is 1.20. The molecule has 0 aliphatic rings. The number of nitrogens with one attached hydrogen (secondary N) is 1. The minimum atomic E-state index is -0.384. The van der Waals surface area contributed by atoms with Gasteiger partial charge in [0.2, 0.25) is 0 Å². The molecule has 0 fully saturated rings. The number of aromatic nitrogens is 3. The van der Waals surface area contributed by atoms with Crippen LogP contribution in [-0.2, 0) is 13.6 Å². The van der Waals surface area contributed by atoms with Crippen molar-refractivity contribution >= 4 is 16.9 Å². The molecule has 0 saturated carbocycles. The van der Waals surface area contributed by atoms with Crippen LogP contribution < -0.4 is 5.32 Å². The lowest BCUT2D eigenvalue weighted by molar-refractivity contribution is 0.0945. The Morgan fingerprint density at radius 1 is 1.19 bits per heavy atom. The summed E-state index contributed by atoms with van der Waals surface area (Å²) in [5.74, 6) is 0.283. The Bertz CT molecular complexity index is 1080. The fourth-order valence-electron chi connectivity index (χ4n) is 2.81. The third-order valence-corrected chi connectivity index (χ3v) is 4.18. The van der Waals surface area contributed by atoms with E-state index < -0.39 is 0 Å². The first kappa shape index (κ1) is 16.0. The van der Waals surface area contributed by atoms with Gasteiger partial charge >= 0.3 is 0 Å². The summed E-state index contributed by atoms with van der Waals surface area (Å²) in [4.78, 5) is 21.0. The molecule has 0 saturated heterocycles. The Morgan fingerprint density at radius 2 is 1.96 bits per heavy atom. The number of oxazole rings is 1. The molecule has 0 aliphatic carbocycles. The number of hydrogen-bond donors (Lipinski definition) is 1. The van der Waals surface area contributed by atoms with Crippen molar-refractivity contribution in [2.45, 2.75) is 6.54 Å². The molecular formula is C19H15FN4O2. The highest BCUT2D eigenvalue weighted by Crippen LogP contribution is 2.23. The quantitative estimate of drug-likeness (QED) is 0.613. The maximum Gasteiger partial charge on any atom is 0.274 e. The Hall–Kier alpha value is -3.48. The first-order valence-electron chi connectivity index (χ1n) is 8.01. The summed E-state index contributed by atoms with van der Waals surface area (Å²) < 4.78 is 20.3. The molecular weight excluding hydrogens is 335 g/mol. The Labute approximate surface area is 148 Å². The van der Waals surface area contributed by atoms with Gasteiger partial charge in [-0.1, -0.05) is 12.1 Å². The van der Waals surface area contributed by atoms with Crippen LogP contribution in [0.2, 0.25) is 0 Å². The van der Waals surface area contributed by atoms with Gasteiger partial charge in [0.25, 0.3) is 5.91 Å². The average molecular weight is 350 g/mol. The van der Waals surface area contributed by atoms with E-state index in [2.05, 4.69) is 15.3 Å². The number of para-hydroxylation sites is 2. The zero-order valence-corrected chi connectivity index (χ0v) is 13.9.